The number of benzene rings is 3. The molecule has 204 valence electrons. The molecule has 0 radical (unpaired) electrons. The van der Waals surface area contributed by atoms with Gasteiger partial charge in [0.2, 0.25) is 5.91 Å². The van der Waals surface area contributed by atoms with Gasteiger partial charge in [-0.05, 0) is 72.7 Å². The monoisotopic (exact) mass is 519 g/mol. The standard InChI is InChI=1S/C32H41NO5/c1-5-6-22-33-31(35)20-9-25-7-10-26(11-8-25)32(38-23-21-24(2)34,27-12-16-29(36-3)17-13-27)28-14-18-30(37-4)19-15-28/h7-8,10-19,24,34H,5-6,9,20-23H2,1-4H3,(H,33,35). The summed E-state index contributed by atoms with van der Waals surface area (Å²) in [5, 5.41) is 12.9. The molecule has 0 bridgehead atoms. The number of unbranched alkanes of at least 4 members (excludes halogenated alkanes) is 1. The Balaban J connectivity index is 1.99. The third-order valence-electron chi connectivity index (χ3n) is 6.70. The van der Waals surface area contributed by atoms with E-state index in [4.69, 9.17) is 14.2 Å². The highest BCUT2D eigenvalue weighted by atomic mass is 16.5. The first-order chi connectivity index (χ1) is 18.4. The summed E-state index contributed by atoms with van der Waals surface area (Å²) >= 11 is 0. The number of aryl methyl sites for hydroxylation is 1. The molecule has 0 aliphatic carbocycles. The fourth-order valence-electron chi connectivity index (χ4n) is 4.44. The topological polar surface area (TPSA) is 77.0 Å². The fourth-order valence-corrected chi connectivity index (χ4v) is 4.44. The Bertz CT molecular complexity index is 1060. The van der Waals surface area contributed by atoms with Crippen molar-refractivity contribution in [2.24, 2.45) is 0 Å². The van der Waals surface area contributed by atoms with Gasteiger partial charge in [-0.3, -0.25) is 4.79 Å². The van der Waals surface area contributed by atoms with E-state index in [0.29, 0.717) is 25.9 Å². The third kappa shape index (κ3) is 7.59. The summed E-state index contributed by atoms with van der Waals surface area (Å²) < 4.78 is 17.5. The molecule has 0 saturated carbocycles. The Hall–Kier alpha value is -3.35. The van der Waals surface area contributed by atoms with Gasteiger partial charge in [-0.15, -0.1) is 0 Å². The van der Waals surface area contributed by atoms with Crippen molar-refractivity contribution in [3.8, 4) is 11.5 Å². The molecule has 0 saturated heterocycles. The fraction of sp³-hybridized carbons (Fsp3) is 0.406. The van der Waals surface area contributed by atoms with E-state index in [0.717, 1.165) is 53.1 Å². The van der Waals surface area contributed by atoms with Gasteiger partial charge in [0, 0.05) is 13.0 Å². The van der Waals surface area contributed by atoms with Gasteiger partial charge >= 0.3 is 0 Å². The van der Waals surface area contributed by atoms with Crippen molar-refractivity contribution in [3.05, 3.63) is 95.1 Å². The zero-order chi connectivity index (χ0) is 27.4. The molecular formula is C32H41NO5. The second-order valence-corrected chi connectivity index (χ2v) is 9.52. The van der Waals surface area contributed by atoms with Gasteiger partial charge in [0.1, 0.15) is 17.1 Å². The average Bonchev–Trinajstić information content (AvgIpc) is 2.95. The minimum atomic E-state index is -0.927. The van der Waals surface area contributed by atoms with Crippen molar-refractivity contribution in [2.45, 2.75) is 57.7 Å². The largest absolute Gasteiger partial charge is 0.497 e. The normalized spacial score (nSPS) is 12.1. The number of ether oxygens (including phenoxy) is 3. The molecule has 1 amide bonds. The Labute approximate surface area is 227 Å². The number of nitrogens with one attached hydrogen (secondary N) is 1. The summed E-state index contributed by atoms with van der Waals surface area (Å²) in [4.78, 5) is 12.2. The lowest BCUT2D eigenvalue weighted by atomic mass is 9.79. The van der Waals surface area contributed by atoms with Gasteiger partial charge in [-0.25, -0.2) is 0 Å². The maximum absolute atomic E-state index is 12.2. The first-order valence-corrected chi connectivity index (χ1v) is 13.4. The molecule has 0 spiro atoms. The SMILES string of the molecule is CCCCNC(=O)CCc1ccc(C(OCCC(C)O)(c2ccc(OC)cc2)c2ccc(OC)cc2)cc1. The first-order valence-electron chi connectivity index (χ1n) is 13.4. The van der Waals surface area contributed by atoms with Gasteiger partial charge in [0.15, 0.2) is 0 Å². The summed E-state index contributed by atoms with van der Waals surface area (Å²) in [5.74, 6) is 1.60. The number of rotatable bonds is 15. The summed E-state index contributed by atoms with van der Waals surface area (Å²) in [6.07, 6.45) is 3.19. The van der Waals surface area contributed by atoms with E-state index in [1.54, 1.807) is 21.1 Å². The van der Waals surface area contributed by atoms with Gasteiger partial charge in [0.05, 0.1) is 26.9 Å². The molecule has 3 aromatic carbocycles. The van der Waals surface area contributed by atoms with Crippen molar-refractivity contribution in [1.82, 2.24) is 5.32 Å². The van der Waals surface area contributed by atoms with E-state index in [1.807, 2.05) is 48.5 Å². The zero-order valence-corrected chi connectivity index (χ0v) is 23.0. The molecule has 0 aliphatic heterocycles. The van der Waals surface area contributed by atoms with Crippen LogP contribution in [0.1, 0.15) is 61.8 Å². The molecule has 6 heteroatoms. The number of methoxy groups -OCH3 is 2. The van der Waals surface area contributed by atoms with Crippen LogP contribution in [0.2, 0.25) is 0 Å². The summed E-state index contributed by atoms with van der Waals surface area (Å²) in [6, 6.07) is 24.0. The van der Waals surface area contributed by atoms with Crippen LogP contribution in [0.4, 0.5) is 0 Å². The summed E-state index contributed by atoms with van der Waals surface area (Å²) in [7, 11) is 3.29. The number of aliphatic hydroxyl groups is 1. The number of amides is 1. The highest BCUT2D eigenvalue weighted by molar-refractivity contribution is 5.76. The molecular weight excluding hydrogens is 478 g/mol. The van der Waals surface area contributed by atoms with Crippen LogP contribution in [0.5, 0.6) is 11.5 Å². The predicted molar refractivity (Wildman–Crippen MR) is 151 cm³/mol. The molecule has 0 heterocycles. The lowest BCUT2D eigenvalue weighted by Gasteiger charge is -2.36. The number of hydrogen-bond donors (Lipinski definition) is 2. The maximum Gasteiger partial charge on any atom is 0.220 e. The Morgan fingerprint density at radius 1 is 0.868 bits per heavy atom. The van der Waals surface area contributed by atoms with Gasteiger partial charge in [-0.1, -0.05) is 61.9 Å². The predicted octanol–water partition coefficient (Wildman–Crippen LogP) is 5.63. The van der Waals surface area contributed by atoms with Crippen molar-refractivity contribution in [1.29, 1.82) is 0 Å². The van der Waals surface area contributed by atoms with E-state index in [-0.39, 0.29) is 5.91 Å². The third-order valence-corrected chi connectivity index (χ3v) is 6.70. The van der Waals surface area contributed by atoms with E-state index in [2.05, 4.69) is 36.5 Å². The highest BCUT2D eigenvalue weighted by Crippen LogP contribution is 2.42. The van der Waals surface area contributed by atoms with Crippen LogP contribution in [-0.4, -0.2) is 44.5 Å². The maximum atomic E-state index is 12.2. The molecule has 1 atom stereocenters. The van der Waals surface area contributed by atoms with Crippen LogP contribution in [0.25, 0.3) is 0 Å². The van der Waals surface area contributed by atoms with Crippen LogP contribution in [0.15, 0.2) is 72.8 Å². The Morgan fingerprint density at radius 3 is 1.82 bits per heavy atom. The quantitative estimate of drug-likeness (QED) is 0.201. The summed E-state index contributed by atoms with van der Waals surface area (Å²) in [5.41, 5.74) is 2.99. The van der Waals surface area contributed by atoms with E-state index in [1.165, 1.54) is 0 Å². The van der Waals surface area contributed by atoms with Gasteiger partial charge < -0.3 is 24.6 Å². The lowest BCUT2D eigenvalue weighted by molar-refractivity contribution is -0.121. The molecule has 0 fully saturated rings. The second-order valence-electron chi connectivity index (χ2n) is 9.52. The van der Waals surface area contributed by atoms with E-state index in [9.17, 15) is 9.90 Å². The molecule has 38 heavy (non-hydrogen) atoms. The van der Waals surface area contributed by atoms with Crippen molar-refractivity contribution >= 4 is 5.91 Å². The van der Waals surface area contributed by atoms with Crippen LogP contribution in [0, 0.1) is 0 Å². The molecule has 3 aromatic rings. The minimum Gasteiger partial charge on any atom is -0.497 e. The van der Waals surface area contributed by atoms with Crippen LogP contribution in [-0.2, 0) is 21.6 Å². The van der Waals surface area contributed by atoms with Crippen LogP contribution >= 0.6 is 0 Å². The van der Waals surface area contributed by atoms with E-state index < -0.39 is 11.7 Å². The Morgan fingerprint density at radius 2 is 1.37 bits per heavy atom. The van der Waals surface area contributed by atoms with Crippen molar-refractivity contribution in [3.63, 3.8) is 0 Å². The van der Waals surface area contributed by atoms with Crippen LogP contribution < -0.4 is 14.8 Å². The smallest absolute Gasteiger partial charge is 0.220 e. The molecule has 0 aliphatic rings. The molecule has 6 nitrogen and oxygen atoms in total. The number of carbonyl (C=O) groups excluding carboxylic acids is 1. The van der Waals surface area contributed by atoms with Gasteiger partial charge in [-0.2, -0.15) is 0 Å². The number of carbonyl (C=O) groups is 1. The highest BCUT2D eigenvalue weighted by Gasteiger charge is 2.38. The lowest BCUT2D eigenvalue weighted by Crippen LogP contribution is -2.34. The Kier molecular flexibility index (Phi) is 11.2. The van der Waals surface area contributed by atoms with Gasteiger partial charge in [0.25, 0.3) is 0 Å². The summed E-state index contributed by atoms with van der Waals surface area (Å²) in [6.45, 7) is 4.96. The van der Waals surface area contributed by atoms with Crippen molar-refractivity contribution < 1.29 is 24.1 Å². The number of hydrogen-bond acceptors (Lipinski definition) is 5. The molecule has 0 aromatic heterocycles. The minimum absolute atomic E-state index is 0.0785. The van der Waals surface area contributed by atoms with Crippen LogP contribution in [0.3, 0.4) is 0 Å². The van der Waals surface area contributed by atoms with E-state index >= 15 is 0 Å². The average molecular weight is 520 g/mol. The molecule has 2 N–H and O–H groups in total. The second kappa shape index (κ2) is 14.6. The zero-order valence-electron chi connectivity index (χ0n) is 23.0. The van der Waals surface area contributed by atoms with Crippen molar-refractivity contribution in [2.75, 3.05) is 27.4 Å². The first kappa shape index (κ1) is 29.2. The molecule has 3 rings (SSSR count). The number of aliphatic hydroxyl groups excluding tert-OH is 1. The molecule has 1 unspecified atom stereocenters.